The van der Waals surface area contributed by atoms with E-state index in [0.29, 0.717) is 16.1 Å². The van der Waals surface area contributed by atoms with Crippen LogP contribution in [0.25, 0.3) is 0 Å². The number of ketones is 1. The lowest BCUT2D eigenvalue weighted by molar-refractivity contribution is 0.103. The highest BCUT2D eigenvalue weighted by atomic mass is 35.5. The SMILES string of the molecule is N#Cc1c(Cl)cccc1C(=O)c1ccccc1. The van der Waals surface area contributed by atoms with E-state index in [0.717, 1.165) is 0 Å². The Kier molecular flexibility index (Phi) is 3.22. The number of hydrogen-bond donors (Lipinski definition) is 0. The summed E-state index contributed by atoms with van der Waals surface area (Å²) in [6, 6.07) is 15.7. The zero-order valence-electron chi connectivity index (χ0n) is 8.85. The summed E-state index contributed by atoms with van der Waals surface area (Å²) in [5.74, 6) is -0.190. The van der Waals surface area contributed by atoms with Gasteiger partial charge in [0.15, 0.2) is 5.78 Å². The molecule has 0 fully saturated rings. The van der Waals surface area contributed by atoms with Crippen molar-refractivity contribution in [3.63, 3.8) is 0 Å². The van der Waals surface area contributed by atoms with Crippen molar-refractivity contribution in [3.8, 4) is 6.07 Å². The molecule has 0 saturated heterocycles. The Morgan fingerprint density at radius 2 is 1.76 bits per heavy atom. The summed E-state index contributed by atoms with van der Waals surface area (Å²) in [5.41, 5.74) is 1.11. The normalized spacial score (nSPS) is 9.65. The Balaban J connectivity index is 2.53. The molecule has 0 N–H and O–H groups in total. The highest BCUT2D eigenvalue weighted by Crippen LogP contribution is 2.21. The predicted molar refractivity (Wildman–Crippen MR) is 66.0 cm³/mol. The molecule has 0 aliphatic carbocycles. The molecule has 82 valence electrons. The standard InChI is InChI=1S/C14H8ClNO/c15-13-8-4-7-11(12(13)9-16)14(17)10-5-2-1-3-6-10/h1-8H. The van der Waals surface area contributed by atoms with E-state index in [1.54, 1.807) is 42.5 Å². The minimum atomic E-state index is -0.190. The van der Waals surface area contributed by atoms with Crippen LogP contribution in [0, 0.1) is 11.3 Å². The molecule has 17 heavy (non-hydrogen) atoms. The first-order valence-electron chi connectivity index (χ1n) is 5.02. The van der Waals surface area contributed by atoms with Gasteiger partial charge in [-0.15, -0.1) is 0 Å². The van der Waals surface area contributed by atoms with E-state index in [9.17, 15) is 4.79 Å². The van der Waals surface area contributed by atoms with Gasteiger partial charge in [-0.05, 0) is 12.1 Å². The molecule has 0 unspecified atom stereocenters. The van der Waals surface area contributed by atoms with Crippen molar-refractivity contribution < 1.29 is 4.79 Å². The highest BCUT2D eigenvalue weighted by Gasteiger charge is 2.15. The van der Waals surface area contributed by atoms with Gasteiger partial charge < -0.3 is 0 Å². The van der Waals surface area contributed by atoms with Crippen molar-refractivity contribution in [3.05, 3.63) is 70.2 Å². The summed E-state index contributed by atoms with van der Waals surface area (Å²) in [5, 5.41) is 9.31. The largest absolute Gasteiger partial charge is 0.289 e. The van der Waals surface area contributed by atoms with Gasteiger partial charge in [0.2, 0.25) is 0 Å². The summed E-state index contributed by atoms with van der Waals surface area (Å²) in [6.07, 6.45) is 0. The van der Waals surface area contributed by atoms with E-state index in [1.165, 1.54) is 0 Å². The zero-order valence-corrected chi connectivity index (χ0v) is 9.61. The van der Waals surface area contributed by atoms with Crippen LogP contribution in [0.1, 0.15) is 21.5 Å². The fraction of sp³-hybridized carbons (Fsp3) is 0. The summed E-state index contributed by atoms with van der Waals surface area (Å²) in [6.45, 7) is 0. The molecular formula is C14H8ClNO. The quantitative estimate of drug-likeness (QED) is 0.756. The van der Waals surface area contributed by atoms with Crippen LogP contribution < -0.4 is 0 Å². The first kappa shape index (κ1) is 11.4. The molecule has 3 heteroatoms. The third kappa shape index (κ3) is 2.20. The molecule has 0 aromatic heterocycles. The van der Waals surface area contributed by atoms with Crippen molar-refractivity contribution in [1.82, 2.24) is 0 Å². The number of halogens is 1. The fourth-order valence-electron chi connectivity index (χ4n) is 1.57. The monoisotopic (exact) mass is 241 g/mol. The van der Waals surface area contributed by atoms with Crippen LogP contribution in [0.3, 0.4) is 0 Å². The van der Waals surface area contributed by atoms with Crippen molar-refractivity contribution in [1.29, 1.82) is 5.26 Å². The lowest BCUT2D eigenvalue weighted by Gasteiger charge is -2.04. The number of carbonyl (C=O) groups is 1. The number of benzene rings is 2. The van der Waals surface area contributed by atoms with Gasteiger partial charge in [-0.3, -0.25) is 4.79 Å². The summed E-state index contributed by atoms with van der Waals surface area (Å²) in [4.78, 5) is 12.2. The maximum Gasteiger partial charge on any atom is 0.194 e. The second kappa shape index (κ2) is 4.82. The van der Waals surface area contributed by atoms with Gasteiger partial charge in [0.25, 0.3) is 0 Å². The van der Waals surface area contributed by atoms with Crippen molar-refractivity contribution in [2.45, 2.75) is 0 Å². The first-order chi connectivity index (χ1) is 8.24. The Bertz CT molecular complexity index is 599. The van der Waals surface area contributed by atoms with Crippen LogP contribution in [0.4, 0.5) is 0 Å². The average Bonchev–Trinajstić information content (AvgIpc) is 2.38. The minimum Gasteiger partial charge on any atom is -0.289 e. The van der Waals surface area contributed by atoms with Gasteiger partial charge in [-0.2, -0.15) is 5.26 Å². The number of nitrogens with zero attached hydrogens (tertiary/aromatic N) is 1. The van der Waals surface area contributed by atoms with E-state index >= 15 is 0 Å². The number of rotatable bonds is 2. The molecule has 2 aromatic rings. The van der Waals surface area contributed by atoms with Gasteiger partial charge in [0, 0.05) is 11.1 Å². The molecule has 0 aliphatic rings. The molecule has 2 nitrogen and oxygen atoms in total. The summed E-state index contributed by atoms with van der Waals surface area (Å²) < 4.78 is 0. The Hall–Kier alpha value is -2.11. The third-order valence-electron chi connectivity index (χ3n) is 2.41. The summed E-state index contributed by atoms with van der Waals surface area (Å²) in [7, 11) is 0. The Morgan fingerprint density at radius 1 is 1.06 bits per heavy atom. The smallest absolute Gasteiger partial charge is 0.194 e. The van der Waals surface area contributed by atoms with E-state index in [1.807, 2.05) is 12.1 Å². The first-order valence-corrected chi connectivity index (χ1v) is 5.40. The molecule has 0 heterocycles. The molecule has 2 rings (SSSR count). The number of nitriles is 1. The molecule has 0 radical (unpaired) electrons. The molecular weight excluding hydrogens is 234 g/mol. The second-order valence-electron chi connectivity index (χ2n) is 3.47. The van der Waals surface area contributed by atoms with Crippen LogP contribution in [-0.4, -0.2) is 5.78 Å². The molecule has 2 aromatic carbocycles. The average molecular weight is 242 g/mol. The van der Waals surface area contributed by atoms with E-state index in [4.69, 9.17) is 16.9 Å². The molecule has 0 amide bonds. The van der Waals surface area contributed by atoms with E-state index < -0.39 is 0 Å². The summed E-state index contributed by atoms with van der Waals surface area (Å²) >= 11 is 5.89. The van der Waals surface area contributed by atoms with Crippen molar-refractivity contribution in [2.75, 3.05) is 0 Å². The Labute approximate surface area is 104 Å². The van der Waals surface area contributed by atoms with Crippen LogP contribution in [0.5, 0.6) is 0 Å². The van der Waals surface area contributed by atoms with E-state index in [2.05, 4.69) is 0 Å². The third-order valence-corrected chi connectivity index (χ3v) is 2.72. The molecule has 0 bridgehead atoms. The van der Waals surface area contributed by atoms with Gasteiger partial charge in [-0.1, -0.05) is 48.0 Å². The van der Waals surface area contributed by atoms with Crippen LogP contribution in [-0.2, 0) is 0 Å². The minimum absolute atomic E-state index is 0.190. The van der Waals surface area contributed by atoms with Crippen LogP contribution >= 0.6 is 11.6 Å². The van der Waals surface area contributed by atoms with Crippen LogP contribution in [0.2, 0.25) is 5.02 Å². The van der Waals surface area contributed by atoms with E-state index in [-0.39, 0.29) is 11.3 Å². The lowest BCUT2D eigenvalue weighted by atomic mass is 9.99. The second-order valence-corrected chi connectivity index (χ2v) is 3.88. The lowest BCUT2D eigenvalue weighted by Crippen LogP contribution is -2.04. The fourth-order valence-corrected chi connectivity index (χ4v) is 1.79. The molecule has 0 saturated carbocycles. The Morgan fingerprint density at radius 3 is 2.41 bits per heavy atom. The topological polar surface area (TPSA) is 40.9 Å². The van der Waals surface area contributed by atoms with Crippen molar-refractivity contribution >= 4 is 17.4 Å². The van der Waals surface area contributed by atoms with Gasteiger partial charge in [0.05, 0.1) is 10.6 Å². The molecule has 0 aliphatic heterocycles. The molecule has 0 spiro atoms. The molecule has 0 atom stereocenters. The maximum absolute atomic E-state index is 12.2. The highest BCUT2D eigenvalue weighted by molar-refractivity contribution is 6.32. The van der Waals surface area contributed by atoms with Crippen LogP contribution in [0.15, 0.2) is 48.5 Å². The van der Waals surface area contributed by atoms with Gasteiger partial charge in [-0.25, -0.2) is 0 Å². The van der Waals surface area contributed by atoms with Crippen molar-refractivity contribution in [2.24, 2.45) is 0 Å². The maximum atomic E-state index is 12.2. The predicted octanol–water partition coefficient (Wildman–Crippen LogP) is 3.44. The zero-order chi connectivity index (χ0) is 12.3. The number of carbonyl (C=O) groups excluding carboxylic acids is 1. The number of hydrogen-bond acceptors (Lipinski definition) is 2. The van der Waals surface area contributed by atoms with Gasteiger partial charge in [0.1, 0.15) is 6.07 Å². The van der Waals surface area contributed by atoms with Gasteiger partial charge >= 0.3 is 0 Å².